The third kappa shape index (κ3) is 1.90. The highest BCUT2D eigenvalue weighted by atomic mass is 16.1. The summed E-state index contributed by atoms with van der Waals surface area (Å²) in [5.41, 5.74) is 4.53. The van der Waals surface area contributed by atoms with Crippen molar-refractivity contribution in [1.82, 2.24) is 0 Å². The zero-order valence-corrected chi connectivity index (χ0v) is 10.3. The molecule has 1 atom stereocenters. The Hall–Kier alpha value is -2.09. The first-order valence-corrected chi connectivity index (χ1v) is 6.19. The molecular weight excluding hydrogens is 222 g/mol. The lowest BCUT2D eigenvalue weighted by atomic mass is 9.77. The molecule has 1 aliphatic carbocycles. The van der Waals surface area contributed by atoms with Gasteiger partial charge in [0.1, 0.15) is 0 Å². The van der Waals surface area contributed by atoms with Crippen molar-refractivity contribution in [2.24, 2.45) is 0 Å². The van der Waals surface area contributed by atoms with E-state index in [4.69, 9.17) is 0 Å². The number of carbonyl (C=O) groups is 1. The van der Waals surface area contributed by atoms with Crippen molar-refractivity contribution < 1.29 is 4.79 Å². The molecule has 2 nitrogen and oxygen atoms in total. The van der Waals surface area contributed by atoms with Gasteiger partial charge < -0.3 is 5.32 Å². The average Bonchev–Trinajstić information content (AvgIpc) is 2.34. The van der Waals surface area contributed by atoms with E-state index in [-0.39, 0.29) is 11.8 Å². The Morgan fingerprint density at radius 1 is 1.11 bits per heavy atom. The maximum Gasteiger partial charge on any atom is 0.232 e. The Morgan fingerprint density at radius 2 is 1.83 bits per heavy atom. The Bertz CT molecular complexity index is 586. The molecule has 2 aromatic carbocycles. The number of aryl methyl sites for hydroxylation is 1. The zero-order valence-electron chi connectivity index (χ0n) is 10.3. The van der Waals surface area contributed by atoms with Crippen molar-refractivity contribution in [2.75, 3.05) is 5.32 Å². The number of anilines is 1. The second-order valence-corrected chi connectivity index (χ2v) is 4.81. The number of carbonyl (C=O) groups excluding carboxylic acids is 1. The van der Waals surface area contributed by atoms with E-state index in [1.807, 2.05) is 49.4 Å². The number of amides is 1. The van der Waals surface area contributed by atoms with E-state index in [9.17, 15) is 4.79 Å². The minimum atomic E-state index is 0.0162. The van der Waals surface area contributed by atoms with Crippen LogP contribution in [0.5, 0.6) is 0 Å². The molecule has 0 spiro atoms. The van der Waals surface area contributed by atoms with Gasteiger partial charge in [-0.05, 0) is 36.6 Å². The lowest BCUT2D eigenvalue weighted by Gasteiger charge is -2.28. The van der Waals surface area contributed by atoms with Gasteiger partial charge in [-0.25, -0.2) is 0 Å². The molecule has 0 aromatic heterocycles. The highest BCUT2D eigenvalue weighted by molar-refractivity contribution is 5.97. The lowest BCUT2D eigenvalue weighted by Crippen LogP contribution is -2.30. The first-order chi connectivity index (χ1) is 8.74. The maximum atomic E-state index is 12.1. The van der Waals surface area contributed by atoms with Gasteiger partial charge >= 0.3 is 0 Å². The fraction of sp³-hybridized carbons (Fsp3) is 0.188. The largest absolute Gasteiger partial charge is 0.326 e. The second-order valence-electron chi connectivity index (χ2n) is 4.81. The van der Waals surface area contributed by atoms with Gasteiger partial charge in [0.05, 0.1) is 5.92 Å². The van der Waals surface area contributed by atoms with E-state index in [0.717, 1.165) is 12.1 Å². The van der Waals surface area contributed by atoms with Crippen LogP contribution in [0.4, 0.5) is 5.69 Å². The van der Waals surface area contributed by atoms with Crippen molar-refractivity contribution in [2.45, 2.75) is 19.3 Å². The lowest BCUT2D eigenvalue weighted by molar-refractivity contribution is -0.118. The van der Waals surface area contributed by atoms with Crippen molar-refractivity contribution in [3.8, 4) is 0 Å². The highest BCUT2D eigenvalue weighted by Crippen LogP contribution is 2.35. The molecule has 1 amide bonds. The average molecular weight is 237 g/mol. The zero-order chi connectivity index (χ0) is 12.5. The van der Waals surface area contributed by atoms with Crippen molar-refractivity contribution in [3.63, 3.8) is 0 Å². The number of nitrogens with one attached hydrogen (secondary N) is 1. The van der Waals surface area contributed by atoms with Crippen LogP contribution in [0.1, 0.15) is 22.6 Å². The maximum absolute atomic E-state index is 12.1. The second kappa shape index (κ2) is 4.30. The molecule has 1 aliphatic rings. The van der Waals surface area contributed by atoms with Gasteiger partial charge in [0.2, 0.25) is 5.91 Å². The molecule has 0 bridgehead atoms. The number of hydrogen-bond acceptors (Lipinski definition) is 1. The van der Waals surface area contributed by atoms with Crippen LogP contribution < -0.4 is 5.32 Å². The number of fused-ring (bicyclic) bond motifs is 1. The van der Waals surface area contributed by atoms with Gasteiger partial charge in [-0.2, -0.15) is 0 Å². The van der Waals surface area contributed by atoms with E-state index in [0.29, 0.717) is 0 Å². The summed E-state index contributed by atoms with van der Waals surface area (Å²) in [4.78, 5) is 12.1. The summed E-state index contributed by atoms with van der Waals surface area (Å²) in [5, 5.41) is 2.97. The molecule has 0 saturated carbocycles. The fourth-order valence-electron chi connectivity index (χ4n) is 2.36. The molecule has 0 radical (unpaired) electrons. The minimum Gasteiger partial charge on any atom is -0.326 e. The Labute approximate surface area is 107 Å². The summed E-state index contributed by atoms with van der Waals surface area (Å²) >= 11 is 0. The van der Waals surface area contributed by atoms with E-state index in [1.54, 1.807) is 0 Å². The predicted octanol–water partition coefficient (Wildman–Crippen LogP) is 3.27. The summed E-state index contributed by atoms with van der Waals surface area (Å²) in [6, 6.07) is 16.0. The minimum absolute atomic E-state index is 0.0162. The molecule has 0 heterocycles. The van der Waals surface area contributed by atoms with E-state index >= 15 is 0 Å². The third-order valence-corrected chi connectivity index (χ3v) is 3.49. The van der Waals surface area contributed by atoms with Gasteiger partial charge in [-0.1, -0.05) is 42.0 Å². The summed E-state index contributed by atoms with van der Waals surface area (Å²) in [6.45, 7) is 2.04. The first-order valence-electron chi connectivity index (χ1n) is 6.19. The summed E-state index contributed by atoms with van der Waals surface area (Å²) < 4.78 is 0. The van der Waals surface area contributed by atoms with Crippen LogP contribution in [0, 0.1) is 6.92 Å². The van der Waals surface area contributed by atoms with Crippen LogP contribution >= 0.6 is 0 Å². The molecule has 0 fully saturated rings. The van der Waals surface area contributed by atoms with Crippen LogP contribution in [0.15, 0.2) is 48.5 Å². The van der Waals surface area contributed by atoms with Crippen LogP contribution in [0.3, 0.4) is 0 Å². The summed E-state index contributed by atoms with van der Waals surface area (Å²) in [6.07, 6.45) is 0.855. The van der Waals surface area contributed by atoms with Gasteiger partial charge in [0.15, 0.2) is 0 Å². The van der Waals surface area contributed by atoms with Crippen LogP contribution in [0.25, 0.3) is 0 Å². The Kier molecular flexibility index (Phi) is 2.63. The van der Waals surface area contributed by atoms with Gasteiger partial charge in [0, 0.05) is 5.69 Å². The quantitative estimate of drug-likeness (QED) is 0.853. The van der Waals surface area contributed by atoms with E-state index in [1.165, 1.54) is 16.7 Å². The molecule has 90 valence electrons. The standard InChI is InChI=1S/C16H15NO/c1-11-6-8-13(9-7-11)17-16(18)15-10-12-4-2-3-5-14(12)15/h2-9,15H,10H2,1H3,(H,17,18). The molecule has 0 aliphatic heterocycles. The number of rotatable bonds is 2. The van der Waals surface area contributed by atoms with Crippen LogP contribution in [0.2, 0.25) is 0 Å². The van der Waals surface area contributed by atoms with Crippen molar-refractivity contribution >= 4 is 11.6 Å². The molecule has 0 saturated heterocycles. The van der Waals surface area contributed by atoms with Crippen LogP contribution in [-0.2, 0) is 11.2 Å². The van der Waals surface area contributed by atoms with Gasteiger partial charge in [-0.3, -0.25) is 4.79 Å². The smallest absolute Gasteiger partial charge is 0.232 e. The third-order valence-electron chi connectivity index (χ3n) is 3.49. The molecular formula is C16H15NO. The molecule has 3 rings (SSSR count). The summed E-state index contributed by atoms with van der Waals surface area (Å²) in [5.74, 6) is 0.111. The molecule has 1 unspecified atom stereocenters. The van der Waals surface area contributed by atoms with Crippen LogP contribution in [-0.4, -0.2) is 5.91 Å². The molecule has 2 heteroatoms. The number of benzene rings is 2. The van der Waals surface area contributed by atoms with Crippen molar-refractivity contribution in [3.05, 3.63) is 65.2 Å². The summed E-state index contributed by atoms with van der Waals surface area (Å²) in [7, 11) is 0. The van der Waals surface area contributed by atoms with Crippen molar-refractivity contribution in [1.29, 1.82) is 0 Å². The number of hydrogen-bond donors (Lipinski definition) is 1. The molecule has 2 aromatic rings. The Morgan fingerprint density at radius 3 is 2.56 bits per heavy atom. The molecule has 1 N–H and O–H groups in total. The molecule has 18 heavy (non-hydrogen) atoms. The van der Waals surface area contributed by atoms with Gasteiger partial charge in [-0.15, -0.1) is 0 Å². The fourth-order valence-corrected chi connectivity index (χ4v) is 2.36. The first kappa shape index (κ1) is 11.0. The SMILES string of the molecule is Cc1ccc(NC(=O)C2Cc3ccccc32)cc1. The van der Waals surface area contributed by atoms with E-state index < -0.39 is 0 Å². The Balaban J connectivity index is 1.72. The topological polar surface area (TPSA) is 29.1 Å². The highest BCUT2D eigenvalue weighted by Gasteiger charge is 2.31. The van der Waals surface area contributed by atoms with Gasteiger partial charge in [0.25, 0.3) is 0 Å². The van der Waals surface area contributed by atoms with E-state index in [2.05, 4.69) is 11.4 Å². The monoisotopic (exact) mass is 237 g/mol. The normalized spacial score (nSPS) is 16.6. The predicted molar refractivity (Wildman–Crippen MR) is 72.7 cm³/mol.